The Morgan fingerprint density at radius 3 is 2.94 bits per heavy atom. The van der Waals surface area contributed by atoms with Crippen LogP contribution in [0.25, 0.3) is 0 Å². The molecule has 1 fully saturated rings. The summed E-state index contributed by atoms with van der Waals surface area (Å²) >= 11 is 0. The van der Waals surface area contributed by atoms with Crippen LogP contribution in [0.5, 0.6) is 0 Å². The molecule has 1 unspecified atom stereocenters. The molecule has 0 spiro atoms. The van der Waals surface area contributed by atoms with Gasteiger partial charge in [-0.25, -0.2) is 0 Å². The first kappa shape index (κ1) is 13.7. The minimum atomic E-state index is 0.205. The van der Waals surface area contributed by atoms with Crippen LogP contribution in [0.2, 0.25) is 0 Å². The third-order valence-corrected chi connectivity index (χ3v) is 4.10. The Morgan fingerprint density at radius 1 is 1.44 bits per heavy atom. The van der Waals surface area contributed by atoms with Crippen LogP contribution in [0.3, 0.4) is 0 Å². The fourth-order valence-electron chi connectivity index (χ4n) is 2.80. The molecule has 0 bridgehead atoms. The minimum Gasteiger partial charge on any atom is -0.356 e. The number of piperidine rings is 1. The first-order chi connectivity index (χ1) is 8.58. The zero-order valence-electron chi connectivity index (χ0n) is 12.1. The van der Waals surface area contributed by atoms with E-state index in [1.54, 1.807) is 0 Å². The van der Waals surface area contributed by atoms with Crippen LogP contribution in [0, 0.1) is 5.92 Å². The third-order valence-electron chi connectivity index (χ3n) is 4.10. The molecule has 104 valence electrons. The first-order valence-electron chi connectivity index (χ1n) is 7.35. The summed E-state index contributed by atoms with van der Waals surface area (Å²) in [4.78, 5) is 7.09. The first-order valence-corrected chi connectivity index (χ1v) is 7.35. The molecular formula is C14H28N4. The molecular weight excluding hydrogens is 224 g/mol. The van der Waals surface area contributed by atoms with E-state index in [2.05, 4.69) is 41.3 Å². The quantitative estimate of drug-likeness (QED) is 0.798. The Balaban J connectivity index is 1.84. The van der Waals surface area contributed by atoms with E-state index in [9.17, 15) is 0 Å². The van der Waals surface area contributed by atoms with Gasteiger partial charge in [-0.1, -0.05) is 6.92 Å². The minimum absolute atomic E-state index is 0.205. The molecule has 0 amide bonds. The van der Waals surface area contributed by atoms with Crippen molar-refractivity contribution >= 4 is 5.96 Å². The Morgan fingerprint density at radius 2 is 2.28 bits per heavy atom. The molecule has 0 radical (unpaired) electrons. The van der Waals surface area contributed by atoms with Crippen molar-refractivity contribution in [3.8, 4) is 0 Å². The maximum Gasteiger partial charge on any atom is 0.191 e. The average molecular weight is 252 g/mol. The Hall–Kier alpha value is -0.770. The molecule has 0 aromatic rings. The second-order valence-electron chi connectivity index (χ2n) is 6.37. The van der Waals surface area contributed by atoms with Crippen LogP contribution in [0.4, 0.5) is 0 Å². The van der Waals surface area contributed by atoms with Gasteiger partial charge in [0.2, 0.25) is 0 Å². The average Bonchev–Trinajstić information content (AvgIpc) is 2.38. The Bertz CT molecular complexity index is 298. The van der Waals surface area contributed by atoms with Gasteiger partial charge in [0, 0.05) is 31.7 Å². The monoisotopic (exact) mass is 252 g/mol. The van der Waals surface area contributed by atoms with Crippen molar-refractivity contribution in [3.05, 3.63) is 0 Å². The summed E-state index contributed by atoms with van der Waals surface area (Å²) in [5.41, 5.74) is 0.205. The summed E-state index contributed by atoms with van der Waals surface area (Å²) in [6.45, 7) is 12.5. The largest absolute Gasteiger partial charge is 0.356 e. The van der Waals surface area contributed by atoms with Gasteiger partial charge < -0.3 is 10.6 Å². The second-order valence-corrected chi connectivity index (χ2v) is 6.37. The molecule has 1 atom stereocenters. The lowest BCUT2D eigenvalue weighted by Crippen LogP contribution is -2.56. The summed E-state index contributed by atoms with van der Waals surface area (Å²) in [6, 6.07) is 0. The molecule has 2 rings (SSSR count). The summed E-state index contributed by atoms with van der Waals surface area (Å²) < 4.78 is 0. The van der Waals surface area contributed by atoms with Crippen molar-refractivity contribution in [2.45, 2.75) is 45.6 Å². The van der Waals surface area contributed by atoms with Gasteiger partial charge >= 0.3 is 0 Å². The molecule has 0 aromatic carbocycles. The molecule has 2 heterocycles. The van der Waals surface area contributed by atoms with Gasteiger partial charge in [0.15, 0.2) is 5.96 Å². The SMILES string of the molecule is CC1CCCN(C(C)(C)CNC2=NCCCN2)C1. The predicted molar refractivity (Wildman–Crippen MR) is 77.0 cm³/mol. The van der Waals surface area contributed by atoms with Crippen molar-refractivity contribution in [3.63, 3.8) is 0 Å². The Kier molecular flexibility index (Phi) is 4.49. The molecule has 1 saturated heterocycles. The van der Waals surface area contributed by atoms with Gasteiger partial charge in [-0.2, -0.15) is 0 Å². The molecule has 2 N–H and O–H groups in total. The highest BCUT2D eigenvalue weighted by Crippen LogP contribution is 2.23. The topological polar surface area (TPSA) is 39.7 Å². The number of nitrogens with zero attached hydrogens (tertiary/aromatic N) is 2. The molecule has 0 aliphatic carbocycles. The van der Waals surface area contributed by atoms with Crippen molar-refractivity contribution in [2.24, 2.45) is 10.9 Å². The number of guanidine groups is 1. The van der Waals surface area contributed by atoms with Crippen molar-refractivity contribution in [1.82, 2.24) is 15.5 Å². The van der Waals surface area contributed by atoms with E-state index >= 15 is 0 Å². The molecule has 0 saturated carbocycles. The second kappa shape index (κ2) is 5.91. The summed E-state index contributed by atoms with van der Waals surface area (Å²) in [5, 5.41) is 6.79. The van der Waals surface area contributed by atoms with Crippen LogP contribution >= 0.6 is 0 Å². The lowest BCUT2D eigenvalue weighted by atomic mass is 9.93. The van der Waals surface area contributed by atoms with Crippen LogP contribution in [0.15, 0.2) is 4.99 Å². The van der Waals surface area contributed by atoms with Crippen molar-refractivity contribution in [1.29, 1.82) is 0 Å². The zero-order valence-corrected chi connectivity index (χ0v) is 12.1. The Labute approximate surface area is 111 Å². The normalized spacial score (nSPS) is 26.4. The van der Waals surface area contributed by atoms with Crippen LogP contribution in [0.1, 0.15) is 40.0 Å². The van der Waals surface area contributed by atoms with Crippen molar-refractivity contribution < 1.29 is 0 Å². The number of aliphatic imine (C=N–C) groups is 1. The van der Waals surface area contributed by atoms with Gasteiger partial charge in [-0.05, 0) is 45.6 Å². The van der Waals surface area contributed by atoms with Gasteiger partial charge in [-0.15, -0.1) is 0 Å². The third kappa shape index (κ3) is 3.61. The van der Waals surface area contributed by atoms with Crippen LogP contribution in [-0.4, -0.2) is 49.1 Å². The maximum atomic E-state index is 4.47. The van der Waals surface area contributed by atoms with E-state index in [4.69, 9.17) is 0 Å². The smallest absolute Gasteiger partial charge is 0.191 e. The number of hydrogen-bond donors (Lipinski definition) is 2. The van der Waals surface area contributed by atoms with Crippen molar-refractivity contribution in [2.75, 3.05) is 32.7 Å². The number of likely N-dealkylation sites (tertiary alicyclic amines) is 1. The lowest BCUT2D eigenvalue weighted by molar-refractivity contribution is 0.0739. The van der Waals surface area contributed by atoms with Gasteiger partial charge in [0.05, 0.1) is 0 Å². The standard InChI is InChI=1S/C14H28N4/c1-12-6-4-9-18(10-12)14(2,3)11-17-13-15-7-5-8-16-13/h12H,4-11H2,1-3H3,(H2,15,16,17). The molecule has 2 aliphatic rings. The molecule has 4 heteroatoms. The van der Waals surface area contributed by atoms with E-state index in [0.717, 1.165) is 37.9 Å². The fourth-order valence-corrected chi connectivity index (χ4v) is 2.80. The number of hydrogen-bond acceptors (Lipinski definition) is 4. The van der Waals surface area contributed by atoms with E-state index < -0.39 is 0 Å². The predicted octanol–water partition coefficient (Wildman–Crippen LogP) is 1.44. The van der Waals surface area contributed by atoms with E-state index in [1.165, 1.54) is 25.9 Å². The lowest BCUT2D eigenvalue weighted by Gasteiger charge is -2.43. The van der Waals surface area contributed by atoms with Crippen LogP contribution in [-0.2, 0) is 0 Å². The zero-order chi connectivity index (χ0) is 13.0. The summed E-state index contributed by atoms with van der Waals surface area (Å²) in [6.07, 6.45) is 3.87. The van der Waals surface area contributed by atoms with Gasteiger partial charge in [-0.3, -0.25) is 9.89 Å². The van der Waals surface area contributed by atoms with Crippen LogP contribution < -0.4 is 10.6 Å². The molecule has 0 aromatic heterocycles. The highest BCUT2D eigenvalue weighted by atomic mass is 15.2. The van der Waals surface area contributed by atoms with E-state index in [-0.39, 0.29) is 5.54 Å². The highest BCUT2D eigenvalue weighted by molar-refractivity contribution is 5.80. The summed E-state index contributed by atoms with van der Waals surface area (Å²) in [7, 11) is 0. The van der Waals surface area contributed by atoms with E-state index in [0.29, 0.717) is 0 Å². The fraction of sp³-hybridized carbons (Fsp3) is 0.929. The van der Waals surface area contributed by atoms with Gasteiger partial charge in [0.25, 0.3) is 0 Å². The van der Waals surface area contributed by atoms with Gasteiger partial charge in [0.1, 0.15) is 0 Å². The molecule has 18 heavy (non-hydrogen) atoms. The number of rotatable bonds is 3. The highest BCUT2D eigenvalue weighted by Gasteiger charge is 2.30. The summed E-state index contributed by atoms with van der Waals surface area (Å²) in [5.74, 6) is 1.82. The molecule has 4 nitrogen and oxygen atoms in total. The van der Waals surface area contributed by atoms with E-state index in [1.807, 2.05) is 0 Å². The number of nitrogens with one attached hydrogen (secondary N) is 2. The maximum absolute atomic E-state index is 4.47. The molecule has 2 aliphatic heterocycles.